The molecule has 0 radical (unpaired) electrons. The summed E-state index contributed by atoms with van der Waals surface area (Å²) in [5, 5.41) is 10.2. The summed E-state index contributed by atoms with van der Waals surface area (Å²) in [5.41, 5.74) is 3.17. The monoisotopic (exact) mass is 258 g/mol. The smallest absolute Gasteiger partial charge is 0.221 e. The second-order valence-corrected chi connectivity index (χ2v) is 4.50. The second-order valence-electron chi connectivity index (χ2n) is 4.50. The highest BCUT2D eigenvalue weighted by atomic mass is 16.1. The molecule has 2 rings (SSSR count). The van der Waals surface area contributed by atoms with Crippen molar-refractivity contribution in [1.82, 2.24) is 15.1 Å². The Morgan fingerprint density at radius 3 is 2.47 bits per heavy atom. The molecule has 19 heavy (non-hydrogen) atoms. The molecule has 0 spiro atoms. The fraction of sp³-hybridized carbons (Fsp3) is 0.286. The van der Waals surface area contributed by atoms with Gasteiger partial charge in [-0.15, -0.1) is 0 Å². The number of anilines is 1. The first-order chi connectivity index (χ1) is 9.13. The molecular formula is C14H18N4O. The van der Waals surface area contributed by atoms with Crippen molar-refractivity contribution in [2.24, 2.45) is 7.05 Å². The Kier molecular flexibility index (Phi) is 4.30. The summed E-state index contributed by atoms with van der Waals surface area (Å²) >= 11 is 0. The molecule has 1 aromatic heterocycles. The molecule has 2 aromatic rings. The first-order valence-electron chi connectivity index (χ1n) is 6.18. The van der Waals surface area contributed by atoms with E-state index in [4.69, 9.17) is 0 Å². The van der Waals surface area contributed by atoms with E-state index in [1.165, 1.54) is 12.5 Å². The average Bonchev–Trinajstić information content (AvgIpc) is 2.77. The normalized spacial score (nSPS) is 10.4. The molecule has 0 saturated heterocycles. The van der Waals surface area contributed by atoms with Crippen LogP contribution in [0.3, 0.4) is 0 Å². The number of amides is 1. The molecule has 1 heterocycles. The lowest BCUT2D eigenvalue weighted by molar-refractivity contribution is -0.114. The maximum absolute atomic E-state index is 10.9. The molecule has 100 valence electrons. The van der Waals surface area contributed by atoms with Gasteiger partial charge in [0, 0.05) is 44.5 Å². The van der Waals surface area contributed by atoms with E-state index in [-0.39, 0.29) is 5.91 Å². The first kappa shape index (κ1) is 13.3. The van der Waals surface area contributed by atoms with E-state index < -0.39 is 0 Å². The van der Waals surface area contributed by atoms with Crippen molar-refractivity contribution in [3.8, 4) is 0 Å². The van der Waals surface area contributed by atoms with E-state index in [1.54, 1.807) is 4.68 Å². The lowest BCUT2D eigenvalue weighted by atomic mass is 10.2. The zero-order valence-corrected chi connectivity index (χ0v) is 11.2. The molecule has 0 aliphatic carbocycles. The molecule has 0 saturated carbocycles. The molecule has 5 nitrogen and oxygen atoms in total. The van der Waals surface area contributed by atoms with E-state index >= 15 is 0 Å². The Balaban J connectivity index is 1.81. The second kappa shape index (κ2) is 6.15. The van der Waals surface area contributed by atoms with E-state index in [9.17, 15) is 4.79 Å². The minimum atomic E-state index is -0.0533. The third-order valence-corrected chi connectivity index (χ3v) is 2.69. The largest absolute Gasteiger partial charge is 0.326 e. The van der Waals surface area contributed by atoms with Gasteiger partial charge in [-0.05, 0) is 17.7 Å². The van der Waals surface area contributed by atoms with Crippen LogP contribution in [0.4, 0.5) is 5.69 Å². The Hall–Kier alpha value is -2.14. The number of carbonyl (C=O) groups is 1. The molecular weight excluding hydrogens is 240 g/mol. The van der Waals surface area contributed by atoms with Gasteiger partial charge in [-0.3, -0.25) is 9.48 Å². The van der Waals surface area contributed by atoms with Crippen molar-refractivity contribution in [1.29, 1.82) is 0 Å². The number of nitrogens with zero attached hydrogens (tertiary/aromatic N) is 2. The van der Waals surface area contributed by atoms with E-state index in [1.807, 2.05) is 43.7 Å². The first-order valence-corrected chi connectivity index (χ1v) is 6.18. The molecule has 2 N–H and O–H groups in total. The van der Waals surface area contributed by atoms with Crippen LogP contribution in [0.1, 0.15) is 18.1 Å². The highest BCUT2D eigenvalue weighted by Gasteiger charge is 1.98. The number of aromatic nitrogens is 2. The molecule has 0 fully saturated rings. The molecule has 5 heteroatoms. The average molecular weight is 258 g/mol. The predicted molar refractivity (Wildman–Crippen MR) is 74.5 cm³/mol. The standard InChI is InChI=1S/C14H18N4O/c1-11(19)17-14-5-3-12(4-6-14)7-15-8-13-9-16-18(2)10-13/h3-6,9-10,15H,7-8H2,1-2H3,(H,17,19). The van der Waals surface area contributed by atoms with Crippen LogP contribution in [0.15, 0.2) is 36.7 Å². The minimum Gasteiger partial charge on any atom is -0.326 e. The fourth-order valence-corrected chi connectivity index (χ4v) is 1.82. The summed E-state index contributed by atoms with van der Waals surface area (Å²) in [6, 6.07) is 7.81. The van der Waals surface area contributed by atoms with Crippen LogP contribution in [0, 0.1) is 0 Å². The van der Waals surface area contributed by atoms with E-state index in [0.717, 1.165) is 24.3 Å². The maximum Gasteiger partial charge on any atom is 0.221 e. The zero-order valence-electron chi connectivity index (χ0n) is 11.2. The number of nitrogens with one attached hydrogen (secondary N) is 2. The fourth-order valence-electron chi connectivity index (χ4n) is 1.82. The number of rotatable bonds is 5. The van der Waals surface area contributed by atoms with Crippen LogP contribution in [-0.4, -0.2) is 15.7 Å². The molecule has 0 aliphatic heterocycles. The molecule has 0 unspecified atom stereocenters. The van der Waals surface area contributed by atoms with Crippen molar-refractivity contribution in [3.05, 3.63) is 47.8 Å². The van der Waals surface area contributed by atoms with Crippen LogP contribution < -0.4 is 10.6 Å². The number of benzene rings is 1. The van der Waals surface area contributed by atoms with Crippen molar-refractivity contribution < 1.29 is 4.79 Å². The van der Waals surface area contributed by atoms with Crippen molar-refractivity contribution >= 4 is 11.6 Å². The van der Waals surface area contributed by atoms with Crippen molar-refractivity contribution in [3.63, 3.8) is 0 Å². The van der Waals surface area contributed by atoms with Crippen LogP contribution in [-0.2, 0) is 24.9 Å². The van der Waals surface area contributed by atoms with E-state index in [2.05, 4.69) is 15.7 Å². The highest BCUT2D eigenvalue weighted by Crippen LogP contribution is 2.09. The Bertz CT molecular complexity index is 545. The number of hydrogen-bond donors (Lipinski definition) is 2. The summed E-state index contributed by atoms with van der Waals surface area (Å²) in [5.74, 6) is -0.0533. The zero-order chi connectivity index (χ0) is 13.7. The molecule has 1 amide bonds. The van der Waals surface area contributed by atoms with Gasteiger partial charge in [0.25, 0.3) is 0 Å². The van der Waals surface area contributed by atoms with Crippen molar-refractivity contribution in [2.75, 3.05) is 5.32 Å². The third-order valence-electron chi connectivity index (χ3n) is 2.69. The number of aryl methyl sites for hydroxylation is 1. The van der Waals surface area contributed by atoms with Gasteiger partial charge in [0.05, 0.1) is 6.20 Å². The summed E-state index contributed by atoms with van der Waals surface area (Å²) in [6.45, 7) is 3.08. The summed E-state index contributed by atoms with van der Waals surface area (Å²) in [7, 11) is 1.91. The van der Waals surface area contributed by atoms with Crippen LogP contribution >= 0.6 is 0 Å². The van der Waals surface area contributed by atoms with Gasteiger partial charge >= 0.3 is 0 Å². The summed E-state index contributed by atoms with van der Waals surface area (Å²) in [6.07, 6.45) is 3.85. The number of carbonyl (C=O) groups excluding carboxylic acids is 1. The van der Waals surface area contributed by atoms with E-state index in [0.29, 0.717) is 0 Å². The van der Waals surface area contributed by atoms with Gasteiger partial charge in [0.15, 0.2) is 0 Å². The lowest BCUT2D eigenvalue weighted by Crippen LogP contribution is -2.12. The molecule has 0 aliphatic rings. The third kappa shape index (κ3) is 4.22. The van der Waals surface area contributed by atoms with Crippen molar-refractivity contribution in [2.45, 2.75) is 20.0 Å². The maximum atomic E-state index is 10.9. The van der Waals surface area contributed by atoms with Crippen LogP contribution in [0.25, 0.3) is 0 Å². The molecule has 1 aromatic carbocycles. The van der Waals surface area contributed by atoms with Gasteiger partial charge in [0.1, 0.15) is 0 Å². The highest BCUT2D eigenvalue weighted by molar-refractivity contribution is 5.88. The topological polar surface area (TPSA) is 59.0 Å². The lowest BCUT2D eigenvalue weighted by Gasteiger charge is -2.05. The van der Waals surface area contributed by atoms with Gasteiger partial charge in [-0.2, -0.15) is 5.10 Å². The Morgan fingerprint density at radius 2 is 1.89 bits per heavy atom. The SMILES string of the molecule is CC(=O)Nc1ccc(CNCc2cnn(C)c2)cc1. The minimum absolute atomic E-state index is 0.0533. The quantitative estimate of drug-likeness (QED) is 0.857. The van der Waals surface area contributed by atoms with Gasteiger partial charge in [-0.25, -0.2) is 0 Å². The van der Waals surface area contributed by atoms with Crippen LogP contribution in [0.2, 0.25) is 0 Å². The van der Waals surface area contributed by atoms with Gasteiger partial charge in [0.2, 0.25) is 5.91 Å². The Morgan fingerprint density at radius 1 is 1.21 bits per heavy atom. The van der Waals surface area contributed by atoms with Crippen LogP contribution in [0.5, 0.6) is 0 Å². The summed E-state index contributed by atoms with van der Waals surface area (Å²) < 4.78 is 1.79. The Labute approximate surface area is 112 Å². The molecule has 0 atom stereocenters. The van der Waals surface area contributed by atoms with Gasteiger partial charge < -0.3 is 10.6 Å². The van der Waals surface area contributed by atoms with Gasteiger partial charge in [-0.1, -0.05) is 12.1 Å². The summed E-state index contributed by atoms with van der Waals surface area (Å²) in [4.78, 5) is 10.9. The molecule has 0 bridgehead atoms. The predicted octanol–water partition coefficient (Wildman–Crippen LogP) is 1.67. The number of hydrogen-bond acceptors (Lipinski definition) is 3.